The molecule has 2 amide bonds. The average molecular weight is 297 g/mol. The van der Waals surface area contributed by atoms with Crippen molar-refractivity contribution in [3.8, 4) is 0 Å². The summed E-state index contributed by atoms with van der Waals surface area (Å²) in [6, 6.07) is 2.40. The standard InChI is InChI=1S/C13H19N3O3S/c1-16(9-10-4-3-6-14-8-10)13(19)15-11(12(17)18)5-7-20-2/h3-4,6,8,11H,5,7,9H2,1-2H3,(H,15,19)(H,17,18). The first-order valence-electron chi connectivity index (χ1n) is 6.17. The van der Waals surface area contributed by atoms with Crippen molar-refractivity contribution in [3.63, 3.8) is 0 Å². The lowest BCUT2D eigenvalue weighted by molar-refractivity contribution is -0.139. The van der Waals surface area contributed by atoms with Crippen molar-refractivity contribution in [1.29, 1.82) is 0 Å². The zero-order valence-electron chi connectivity index (χ0n) is 11.6. The molecule has 1 aromatic heterocycles. The molecule has 0 aromatic carbocycles. The number of hydrogen-bond donors (Lipinski definition) is 2. The van der Waals surface area contributed by atoms with Gasteiger partial charge in [-0.25, -0.2) is 9.59 Å². The molecule has 0 aliphatic heterocycles. The summed E-state index contributed by atoms with van der Waals surface area (Å²) in [5.41, 5.74) is 0.890. The zero-order valence-corrected chi connectivity index (χ0v) is 12.4. The molecule has 110 valence electrons. The van der Waals surface area contributed by atoms with Crippen molar-refractivity contribution in [1.82, 2.24) is 15.2 Å². The Hall–Kier alpha value is -1.76. The molecule has 0 radical (unpaired) electrons. The first-order valence-corrected chi connectivity index (χ1v) is 7.56. The zero-order chi connectivity index (χ0) is 15.0. The van der Waals surface area contributed by atoms with E-state index in [2.05, 4.69) is 10.3 Å². The number of nitrogens with zero attached hydrogens (tertiary/aromatic N) is 2. The van der Waals surface area contributed by atoms with Crippen LogP contribution < -0.4 is 5.32 Å². The van der Waals surface area contributed by atoms with Crippen LogP contribution in [0.25, 0.3) is 0 Å². The normalized spacial score (nSPS) is 11.7. The van der Waals surface area contributed by atoms with Gasteiger partial charge in [0.2, 0.25) is 0 Å². The summed E-state index contributed by atoms with van der Waals surface area (Å²) in [5, 5.41) is 11.6. The van der Waals surface area contributed by atoms with E-state index in [4.69, 9.17) is 5.11 Å². The Balaban J connectivity index is 2.53. The minimum atomic E-state index is -1.01. The van der Waals surface area contributed by atoms with Gasteiger partial charge < -0.3 is 15.3 Å². The summed E-state index contributed by atoms with van der Waals surface area (Å²) < 4.78 is 0. The van der Waals surface area contributed by atoms with Gasteiger partial charge in [-0.2, -0.15) is 11.8 Å². The van der Waals surface area contributed by atoms with E-state index >= 15 is 0 Å². The Kier molecular flexibility index (Phi) is 6.86. The number of aliphatic carboxylic acids is 1. The Morgan fingerprint density at radius 1 is 1.55 bits per heavy atom. The second-order valence-electron chi connectivity index (χ2n) is 4.34. The van der Waals surface area contributed by atoms with Gasteiger partial charge in [-0.05, 0) is 30.1 Å². The lowest BCUT2D eigenvalue weighted by atomic mass is 10.2. The highest BCUT2D eigenvalue weighted by Crippen LogP contribution is 2.04. The monoisotopic (exact) mass is 297 g/mol. The van der Waals surface area contributed by atoms with Crippen molar-refractivity contribution in [2.75, 3.05) is 19.1 Å². The number of rotatable bonds is 7. The molecule has 1 unspecified atom stereocenters. The van der Waals surface area contributed by atoms with Crippen LogP contribution in [0.4, 0.5) is 4.79 Å². The molecular formula is C13H19N3O3S. The quantitative estimate of drug-likeness (QED) is 0.795. The van der Waals surface area contributed by atoms with Crippen LogP contribution in [-0.2, 0) is 11.3 Å². The van der Waals surface area contributed by atoms with Crippen LogP contribution in [0.5, 0.6) is 0 Å². The average Bonchev–Trinajstić information content (AvgIpc) is 2.43. The second kappa shape index (κ2) is 8.42. The Morgan fingerprint density at radius 3 is 2.85 bits per heavy atom. The number of amides is 2. The fourth-order valence-electron chi connectivity index (χ4n) is 1.59. The van der Waals surface area contributed by atoms with E-state index in [9.17, 15) is 9.59 Å². The summed E-state index contributed by atoms with van der Waals surface area (Å²) >= 11 is 1.55. The maximum absolute atomic E-state index is 11.9. The van der Waals surface area contributed by atoms with Gasteiger partial charge in [-0.3, -0.25) is 4.98 Å². The molecule has 0 aliphatic rings. The highest BCUT2D eigenvalue weighted by atomic mass is 32.2. The third-order valence-corrected chi connectivity index (χ3v) is 3.34. The SMILES string of the molecule is CSCCC(NC(=O)N(C)Cc1cccnc1)C(=O)O. The Labute approximate surface area is 122 Å². The first kappa shape index (κ1) is 16.3. The summed E-state index contributed by atoms with van der Waals surface area (Å²) in [5.74, 6) is -0.328. The third-order valence-electron chi connectivity index (χ3n) is 2.70. The molecule has 1 heterocycles. The summed E-state index contributed by atoms with van der Waals surface area (Å²) in [7, 11) is 1.62. The van der Waals surface area contributed by atoms with E-state index in [1.165, 1.54) is 4.90 Å². The van der Waals surface area contributed by atoms with Gasteiger partial charge in [0.15, 0.2) is 0 Å². The van der Waals surface area contributed by atoms with Crippen LogP contribution in [0.1, 0.15) is 12.0 Å². The fraction of sp³-hybridized carbons (Fsp3) is 0.462. The van der Waals surface area contributed by atoms with Crippen LogP contribution in [-0.4, -0.2) is 52.1 Å². The number of carbonyl (C=O) groups excluding carboxylic acids is 1. The van der Waals surface area contributed by atoms with E-state index < -0.39 is 18.0 Å². The molecule has 20 heavy (non-hydrogen) atoms. The highest BCUT2D eigenvalue weighted by Gasteiger charge is 2.21. The summed E-state index contributed by atoms with van der Waals surface area (Å²) in [6.07, 6.45) is 5.64. The van der Waals surface area contributed by atoms with E-state index in [1.807, 2.05) is 12.3 Å². The van der Waals surface area contributed by atoms with Crippen molar-refractivity contribution in [2.24, 2.45) is 0 Å². The number of carboxylic acids is 1. The molecule has 1 rings (SSSR count). The van der Waals surface area contributed by atoms with E-state index in [0.29, 0.717) is 18.7 Å². The molecule has 0 fully saturated rings. The molecule has 0 spiro atoms. The maximum atomic E-state index is 11.9. The lowest BCUT2D eigenvalue weighted by Gasteiger charge is -2.21. The van der Waals surface area contributed by atoms with E-state index in [-0.39, 0.29) is 0 Å². The minimum absolute atomic E-state index is 0.383. The Bertz CT molecular complexity index is 442. The van der Waals surface area contributed by atoms with Crippen LogP contribution in [0.2, 0.25) is 0 Å². The van der Waals surface area contributed by atoms with Crippen LogP contribution in [0.3, 0.4) is 0 Å². The summed E-state index contributed by atoms with van der Waals surface area (Å²) in [4.78, 5) is 28.4. The fourth-order valence-corrected chi connectivity index (χ4v) is 2.06. The smallest absolute Gasteiger partial charge is 0.326 e. The molecule has 2 N–H and O–H groups in total. The van der Waals surface area contributed by atoms with Gasteiger partial charge in [0, 0.05) is 26.0 Å². The highest BCUT2D eigenvalue weighted by molar-refractivity contribution is 7.98. The molecule has 1 aromatic rings. The number of pyridine rings is 1. The van der Waals surface area contributed by atoms with Gasteiger partial charge in [0.1, 0.15) is 6.04 Å². The van der Waals surface area contributed by atoms with Gasteiger partial charge in [0.25, 0.3) is 0 Å². The largest absolute Gasteiger partial charge is 0.480 e. The van der Waals surface area contributed by atoms with Gasteiger partial charge >= 0.3 is 12.0 Å². The maximum Gasteiger partial charge on any atom is 0.326 e. The number of aromatic nitrogens is 1. The predicted molar refractivity (Wildman–Crippen MR) is 78.7 cm³/mol. The number of carboxylic acid groups (broad SMARTS) is 1. The van der Waals surface area contributed by atoms with Crippen LogP contribution in [0, 0.1) is 0 Å². The van der Waals surface area contributed by atoms with Crippen LogP contribution in [0.15, 0.2) is 24.5 Å². The molecule has 6 nitrogen and oxygen atoms in total. The molecule has 7 heteroatoms. The number of carbonyl (C=O) groups is 2. The Morgan fingerprint density at radius 2 is 2.30 bits per heavy atom. The van der Waals surface area contributed by atoms with E-state index in [0.717, 1.165) is 5.56 Å². The topological polar surface area (TPSA) is 82.5 Å². The number of nitrogens with one attached hydrogen (secondary N) is 1. The molecule has 0 aliphatic carbocycles. The number of thioether (sulfide) groups is 1. The van der Waals surface area contributed by atoms with Crippen molar-refractivity contribution < 1.29 is 14.7 Å². The molecule has 0 bridgehead atoms. The third kappa shape index (κ3) is 5.48. The number of urea groups is 1. The van der Waals surface area contributed by atoms with Crippen molar-refractivity contribution >= 4 is 23.8 Å². The van der Waals surface area contributed by atoms with Crippen molar-refractivity contribution in [3.05, 3.63) is 30.1 Å². The molecule has 1 atom stereocenters. The first-order chi connectivity index (χ1) is 9.54. The summed E-state index contributed by atoms with van der Waals surface area (Å²) in [6.45, 7) is 0.383. The van der Waals surface area contributed by atoms with Crippen molar-refractivity contribution in [2.45, 2.75) is 19.0 Å². The predicted octanol–water partition coefficient (Wildman–Crippen LogP) is 1.43. The van der Waals surface area contributed by atoms with E-state index in [1.54, 1.807) is 37.3 Å². The molecule has 0 saturated heterocycles. The minimum Gasteiger partial charge on any atom is -0.480 e. The second-order valence-corrected chi connectivity index (χ2v) is 5.32. The van der Waals surface area contributed by atoms with Gasteiger partial charge in [-0.15, -0.1) is 0 Å². The van der Waals surface area contributed by atoms with Crippen LogP contribution >= 0.6 is 11.8 Å². The number of hydrogen-bond acceptors (Lipinski definition) is 4. The molecule has 0 saturated carbocycles. The molecular weight excluding hydrogens is 278 g/mol. The van der Waals surface area contributed by atoms with Gasteiger partial charge in [-0.1, -0.05) is 6.07 Å². The van der Waals surface area contributed by atoms with Gasteiger partial charge in [0.05, 0.1) is 0 Å². The lowest BCUT2D eigenvalue weighted by Crippen LogP contribution is -2.46.